The van der Waals surface area contributed by atoms with Gasteiger partial charge in [-0.25, -0.2) is 0 Å². The minimum absolute atomic E-state index is 0.123. The van der Waals surface area contributed by atoms with Crippen LogP contribution in [-0.4, -0.2) is 14.0 Å². The van der Waals surface area contributed by atoms with Crippen LogP contribution in [0.15, 0.2) is 83.8 Å². The van der Waals surface area contributed by atoms with E-state index >= 15 is 0 Å². The number of nitrogens with two attached hydrogens (primary N) is 1. The van der Waals surface area contributed by atoms with Gasteiger partial charge in [0.15, 0.2) is 0 Å². The fourth-order valence-corrected chi connectivity index (χ4v) is 5.33. The van der Waals surface area contributed by atoms with E-state index in [-0.39, 0.29) is 22.6 Å². The zero-order chi connectivity index (χ0) is 24.2. The fraction of sp³-hybridized carbons (Fsp3) is 0.357. The van der Waals surface area contributed by atoms with Crippen molar-refractivity contribution in [3.63, 3.8) is 0 Å². The summed E-state index contributed by atoms with van der Waals surface area (Å²) in [6, 6.07) is 24.0. The Hall–Kier alpha value is -2.63. The van der Waals surface area contributed by atoms with Crippen molar-refractivity contribution >= 4 is 10.1 Å². The largest absolute Gasteiger partial charge is 0.379 e. The monoisotopic (exact) mass is 465 g/mol. The van der Waals surface area contributed by atoms with Crippen LogP contribution in [0.1, 0.15) is 56.7 Å². The molecule has 0 amide bonds. The Labute approximate surface area is 198 Å². The molecule has 0 saturated heterocycles. The Balaban J connectivity index is 2.14. The highest BCUT2D eigenvalue weighted by molar-refractivity contribution is 7.87. The third-order valence-corrected chi connectivity index (χ3v) is 7.93. The second-order valence-electron chi connectivity index (χ2n) is 9.48. The zero-order valence-electron chi connectivity index (χ0n) is 20.2. The Morgan fingerprint density at radius 2 is 1.39 bits per heavy atom. The van der Waals surface area contributed by atoms with Gasteiger partial charge in [0.05, 0.1) is 0 Å². The molecule has 0 heterocycles. The van der Waals surface area contributed by atoms with E-state index in [2.05, 4.69) is 39.8 Å². The van der Waals surface area contributed by atoms with E-state index in [4.69, 9.17) is 9.92 Å². The molecule has 3 rings (SSSR count). The van der Waals surface area contributed by atoms with Gasteiger partial charge in [-0.2, -0.15) is 8.42 Å². The molecule has 1 atom stereocenters. The Kier molecular flexibility index (Phi) is 7.65. The maximum atomic E-state index is 13.1. The van der Waals surface area contributed by atoms with Crippen LogP contribution in [0.4, 0.5) is 0 Å². The summed E-state index contributed by atoms with van der Waals surface area (Å²) in [4.78, 5) is 0.130. The van der Waals surface area contributed by atoms with Crippen molar-refractivity contribution in [2.45, 2.75) is 57.4 Å². The number of hydrogen-bond donors (Lipinski definition) is 1. The first-order chi connectivity index (χ1) is 15.5. The average Bonchev–Trinajstić information content (AvgIpc) is 2.79. The fourth-order valence-electron chi connectivity index (χ4n) is 4.35. The van der Waals surface area contributed by atoms with E-state index in [1.807, 2.05) is 37.3 Å². The topological polar surface area (TPSA) is 69.4 Å². The van der Waals surface area contributed by atoms with E-state index in [0.717, 1.165) is 16.7 Å². The van der Waals surface area contributed by atoms with Gasteiger partial charge in [0.25, 0.3) is 0 Å². The van der Waals surface area contributed by atoms with E-state index < -0.39 is 15.7 Å². The molecule has 5 heteroatoms. The summed E-state index contributed by atoms with van der Waals surface area (Å²) in [5, 5.41) is 0. The lowest BCUT2D eigenvalue weighted by atomic mass is 9.69. The summed E-state index contributed by atoms with van der Waals surface area (Å²) < 4.78 is 31.8. The minimum atomic E-state index is -3.97. The van der Waals surface area contributed by atoms with Gasteiger partial charge in [0.1, 0.15) is 10.6 Å². The van der Waals surface area contributed by atoms with E-state index in [9.17, 15) is 8.42 Å². The van der Waals surface area contributed by atoms with Gasteiger partial charge in [0, 0.05) is 17.0 Å². The Morgan fingerprint density at radius 1 is 0.848 bits per heavy atom. The maximum Gasteiger partial charge on any atom is 0.339 e. The molecule has 2 N–H and O–H groups in total. The van der Waals surface area contributed by atoms with Gasteiger partial charge in [-0.1, -0.05) is 93.9 Å². The number of benzene rings is 3. The van der Waals surface area contributed by atoms with Crippen molar-refractivity contribution in [2.75, 3.05) is 0 Å². The molecule has 0 aliphatic carbocycles. The van der Waals surface area contributed by atoms with E-state index in [1.54, 1.807) is 36.4 Å². The maximum absolute atomic E-state index is 13.1. The number of hydrogen-bond acceptors (Lipinski definition) is 4. The summed E-state index contributed by atoms with van der Waals surface area (Å²) >= 11 is 0. The number of aryl methyl sites for hydroxylation is 1. The predicted octanol–water partition coefficient (Wildman–Crippen LogP) is 6.29. The van der Waals surface area contributed by atoms with Crippen molar-refractivity contribution in [2.24, 2.45) is 17.6 Å². The molecular weight excluding hydrogens is 430 g/mol. The molecule has 0 radical (unpaired) electrons. The third kappa shape index (κ3) is 5.66. The van der Waals surface area contributed by atoms with E-state index in [0.29, 0.717) is 12.2 Å². The van der Waals surface area contributed by atoms with E-state index in [1.165, 1.54) is 0 Å². The summed E-state index contributed by atoms with van der Waals surface area (Å²) in [6.45, 7) is 10.6. The highest BCUT2D eigenvalue weighted by Crippen LogP contribution is 2.42. The quantitative estimate of drug-likeness (QED) is 0.377. The van der Waals surface area contributed by atoms with Gasteiger partial charge in [-0.3, -0.25) is 0 Å². The lowest BCUT2D eigenvalue weighted by Gasteiger charge is -2.41. The summed E-state index contributed by atoms with van der Waals surface area (Å²) in [7, 11) is -3.97. The lowest BCUT2D eigenvalue weighted by molar-refractivity contribution is 0.199. The third-order valence-electron chi connectivity index (χ3n) is 6.68. The van der Waals surface area contributed by atoms with Crippen molar-refractivity contribution in [3.05, 3.63) is 95.6 Å². The van der Waals surface area contributed by atoms with Gasteiger partial charge in [0.2, 0.25) is 0 Å². The lowest BCUT2D eigenvalue weighted by Crippen LogP contribution is -2.51. The molecule has 0 spiro atoms. The number of rotatable bonds is 9. The molecule has 1 unspecified atom stereocenters. The first-order valence-electron chi connectivity index (χ1n) is 11.5. The molecule has 0 bridgehead atoms. The highest BCUT2D eigenvalue weighted by atomic mass is 32.2. The summed E-state index contributed by atoms with van der Waals surface area (Å²) in [5.74, 6) is 0.701. The average molecular weight is 466 g/mol. The molecule has 0 aliphatic heterocycles. The summed E-state index contributed by atoms with van der Waals surface area (Å²) in [6.07, 6.45) is 0.664. The van der Waals surface area contributed by atoms with Gasteiger partial charge >= 0.3 is 10.1 Å². The molecule has 0 aliphatic rings. The SMILES string of the molecule is Cc1ccc(OS(=O)(=O)c2ccccc2)c(C(CC(N)(C(C)C)C(C)C)c2ccccc2)c1. The molecule has 0 aromatic heterocycles. The van der Waals surface area contributed by atoms with Gasteiger partial charge < -0.3 is 9.92 Å². The van der Waals surface area contributed by atoms with Crippen LogP contribution in [0, 0.1) is 18.8 Å². The second-order valence-corrected chi connectivity index (χ2v) is 11.0. The van der Waals surface area contributed by atoms with Crippen molar-refractivity contribution in [1.29, 1.82) is 0 Å². The second kappa shape index (κ2) is 10.1. The van der Waals surface area contributed by atoms with Crippen LogP contribution in [0.25, 0.3) is 0 Å². The first kappa shape index (κ1) is 25.0. The minimum Gasteiger partial charge on any atom is -0.379 e. The van der Waals surface area contributed by atoms with Crippen molar-refractivity contribution in [3.8, 4) is 5.75 Å². The van der Waals surface area contributed by atoms with Crippen LogP contribution < -0.4 is 9.92 Å². The van der Waals surface area contributed by atoms with Crippen molar-refractivity contribution < 1.29 is 12.6 Å². The van der Waals surface area contributed by atoms with Crippen molar-refractivity contribution in [1.82, 2.24) is 0 Å². The smallest absolute Gasteiger partial charge is 0.339 e. The Bertz CT molecular complexity index is 1150. The Morgan fingerprint density at radius 3 is 1.94 bits per heavy atom. The molecule has 4 nitrogen and oxygen atoms in total. The molecule has 3 aromatic carbocycles. The van der Waals surface area contributed by atoms with Crippen LogP contribution >= 0.6 is 0 Å². The summed E-state index contributed by atoms with van der Waals surface area (Å²) in [5.41, 5.74) is 9.51. The molecule has 3 aromatic rings. The zero-order valence-corrected chi connectivity index (χ0v) is 21.0. The molecule has 0 saturated carbocycles. The molecule has 0 fully saturated rings. The molecular formula is C28H35NO3S. The predicted molar refractivity (Wildman–Crippen MR) is 135 cm³/mol. The highest BCUT2D eigenvalue weighted by Gasteiger charge is 2.37. The molecule has 33 heavy (non-hydrogen) atoms. The normalized spacial score (nSPS) is 13.3. The first-order valence-corrected chi connectivity index (χ1v) is 12.9. The van der Waals surface area contributed by atoms with Crippen LogP contribution in [0.5, 0.6) is 5.75 Å². The molecule has 176 valence electrons. The van der Waals surface area contributed by atoms with Crippen LogP contribution in [0.3, 0.4) is 0 Å². The van der Waals surface area contributed by atoms with Gasteiger partial charge in [-0.15, -0.1) is 0 Å². The van der Waals surface area contributed by atoms with Crippen LogP contribution in [-0.2, 0) is 10.1 Å². The van der Waals surface area contributed by atoms with Gasteiger partial charge in [-0.05, 0) is 48.9 Å². The standard InChI is InChI=1S/C28H35NO3S/c1-20(2)28(29,21(3)4)19-26(23-12-8-6-9-13-23)25-18-22(5)16-17-27(25)32-33(30,31)24-14-10-7-11-15-24/h6-18,20-21,26H,19,29H2,1-5H3. The van der Waals surface area contributed by atoms with Crippen LogP contribution in [0.2, 0.25) is 0 Å².